The Bertz CT molecular complexity index is 1560. The summed E-state index contributed by atoms with van der Waals surface area (Å²) in [7, 11) is 0. The molecule has 3 fully saturated rings. The van der Waals surface area contributed by atoms with E-state index in [2.05, 4.69) is 33.5 Å². The first-order chi connectivity index (χ1) is 20.7. The molecule has 4 aliphatic rings. The first-order valence-electron chi connectivity index (χ1n) is 15.3. The zero-order chi connectivity index (χ0) is 29.7. The normalized spacial score (nSPS) is 22.8. The van der Waals surface area contributed by atoms with E-state index in [1.54, 1.807) is 12.3 Å². The molecule has 226 valence electrons. The summed E-state index contributed by atoms with van der Waals surface area (Å²) in [6.07, 6.45) is 9.36. The monoisotopic (exact) mass is 603 g/mol. The Morgan fingerprint density at radius 1 is 1.21 bits per heavy atom. The summed E-state index contributed by atoms with van der Waals surface area (Å²) in [6.45, 7) is 4.70. The van der Waals surface area contributed by atoms with Crippen molar-refractivity contribution in [2.45, 2.75) is 70.4 Å². The fourth-order valence-electron chi connectivity index (χ4n) is 6.70. The second kappa shape index (κ2) is 11.2. The Hall–Kier alpha value is -3.48. The second-order valence-electron chi connectivity index (χ2n) is 12.8. The van der Waals surface area contributed by atoms with Crippen molar-refractivity contribution >= 4 is 45.3 Å². The molecule has 3 N–H and O–H groups in total. The highest BCUT2D eigenvalue weighted by atomic mass is 32.1. The number of carbonyl (C=O) groups is 3. The van der Waals surface area contributed by atoms with Crippen LogP contribution in [0.4, 0.5) is 10.6 Å². The molecule has 1 saturated carbocycles. The molecule has 0 bridgehead atoms. The number of rotatable bonds is 8. The Morgan fingerprint density at radius 2 is 2.02 bits per heavy atom. The first kappa shape index (κ1) is 28.3. The van der Waals surface area contributed by atoms with Crippen LogP contribution in [-0.4, -0.2) is 75.1 Å². The van der Waals surface area contributed by atoms with E-state index in [4.69, 9.17) is 9.97 Å². The van der Waals surface area contributed by atoms with E-state index in [1.165, 1.54) is 41.1 Å². The van der Waals surface area contributed by atoms with Crippen LogP contribution in [0.15, 0.2) is 24.4 Å². The average Bonchev–Trinajstić information content (AvgIpc) is 3.47. The Labute approximate surface area is 254 Å². The van der Waals surface area contributed by atoms with Crippen molar-refractivity contribution in [3.8, 4) is 0 Å². The molecular weight excluding hydrogens is 566 g/mol. The predicted molar refractivity (Wildman–Crippen MR) is 162 cm³/mol. The summed E-state index contributed by atoms with van der Waals surface area (Å²) in [5, 5.41) is 15.7. The van der Waals surface area contributed by atoms with Crippen LogP contribution in [-0.2, 0) is 17.6 Å². The maximum atomic E-state index is 13.6. The number of hydrogen-bond acceptors (Lipinski definition) is 9. The van der Waals surface area contributed by atoms with E-state index in [1.807, 2.05) is 6.07 Å². The van der Waals surface area contributed by atoms with Crippen molar-refractivity contribution in [3.63, 3.8) is 0 Å². The number of aryl methyl sites for hydroxylation is 1. The van der Waals surface area contributed by atoms with E-state index in [-0.39, 0.29) is 30.5 Å². The number of aliphatic hydroxyl groups excluding tert-OH is 1. The Morgan fingerprint density at radius 3 is 2.72 bits per heavy atom. The fourth-order valence-corrected chi connectivity index (χ4v) is 7.54. The van der Waals surface area contributed by atoms with Crippen LogP contribution >= 0.6 is 11.3 Å². The smallest absolute Gasteiger partial charge is 0.330 e. The lowest BCUT2D eigenvalue weighted by molar-refractivity contribution is -0.117. The van der Waals surface area contributed by atoms with Gasteiger partial charge in [0.1, 0.15) is 22.7 Å². The number of hydrogen-bond donors (Lipinski definition) is 3. The van der Waals surface area contributed by atoms with E-state index in [0.717, 1.165) is 66.9 Å². The lowest BCUT2D eigenvalue weighted by atomic mass is 9.77. The van der Waals surface area contributed by atoms with Gasteiger partial charge < -0.3 is 15.3 Å². The minimum Gasteiger partial charge on any atom is -0.393 e. The number of amides is 4. The SMILES string of the molecule is CC1([C@H]2CCc3nc4sc(C(=O)NC(CCN5CCC(O)CC5)c5ccc(N6CC(=O)NC6=O)nc5)nc4cc3C2)CC1. The number of aromatic nitrogens is 3. The number of anilines is 1. The number of carbonyl (C=O) groups excluding carboxylic acids is 3. The molecule has 4 amide bonds. The number of piperidine rings is 1. The van der Waals surface area contributed by atoms with Crippen LogP contribution < -0.4 is 15.5 Å². The third-order valence-electron chi connectivity index (χ3n) is 9.81. The number of aliphatic hydroxyl groups is 1. The van der Waals surface area contributed by atoms with Crippen LogP contribution in [0.25, 0.3) is 10.3 Å². The molecule has 2 aliphatic carbocycles. The maximum absolute atomic E-state index is 13.6. The largest absolute Gasteiger partial charge is 0.393 e. The van der Waals surface area contributed by atoms with Crippen molar-refractivity contribution in [2.75, 3.05) is 31.1 Å². The molecule has 11 nitrogen and oxygen atoms in total. The molecule has 0 aromatic carbocycles. The van der Waals surface area contributed by atoms with Gasteiger partial charge in [-0.15, -0.1) is 0 Å². The maximum Gasteiger partial charge on any atom is 0.330 e. The molecule has 43 heavy (non-hydrogen) atoms. The molecule has 1 unspecified atom stereocenters. The topological polar surface area (TPSA) is 141 Å². The molecule has 7 rings (SSSR count). The number of nitrogens with one attached hydrogen (secondary N) is 2. The summed E-state index contributed by atoms with van der Waals surface area (Å²) in [5.74, 6) is 0.458. The van der Waals surface area contributed by atoms with Gasteiger partial charge in [0.2, 0.25) is 5.91 Å². The van der Waals surface area contributed by atoms with Gasteiger partial charge in [0.05, 0.1) is 12.1 Å². The molecule has 2 saturated heterocycles. The van der Waals surface area contributed by atoms with Crippen molar-refractivity contribution in [1.82, 2.24) is 30.5 Å². The third kappa shape index (κ3) is 5.87. The number of thiazole rings is 1. The van der Waals surface area contributed by atoms with Gasteiger partial charge in [-0.3, -0.25) is 19.8 Å². The third-order valence-corrected chi connectivity index (χ3v) is 10.8. The lowest BCUT2D eigenvalue weighted by Crippen LogP contribution is -2.38. The highest BCUT2D eigenvalue weighted by molar-refractivity contribution is 7.19. The van der Waals surface area contributed by atoms with Crippen LogP contribution in [0.3, 0.4) is 0 Å². The summed E-state index contributed by atoms with van der Waals surface area (Å²) in [4.78, 5) is 55.8. The number of likely N-dealkylation sites (tertiary alicyclic amines) is 1. The van der Waals surface area contributed by atoms with Gasteiger partial charge in [0.25, 0.3) is 5.91 Å². The zero-order valence-electron chi connectivity index (χ0n) is 24.3. The highest BCUT2D eigenvalue weighted by Crippen LogP contribution is 2.55. The van der Waals surface area contributed by atoms with Crippen molar-refractivity contribution in [2.24, 2.45) is 11.3 Å². The summed E-state index contributed by atoms with van der Waals surface area (Å²) in [5.41, 5.74) is 4.48. The summed E-state index contributed by atoms with van der Waals surface area (Å²) in [6, 6.07) is 4.85. The van der Waals surface area contributed by atoms with E-state index >= 15 is 0 Å². The molecule has 2 aliphatic heterocycles. The zero-order valence-corrected chi connectivity index (χ0v) is 25.2. The molecule has 0 radical (unpaired) electrons. The number of pyridine rings is 2. The van der Waals surface area contributed by atoms with Crippen molar-refractivity contribution in [1.29, 1.82) is 0 Å². The molecular formula is C31H37N7O4S. The molecule has 12 heteroatoms. The van der Waals surface area contributed by atoms with Crippen LogP contribution in [0, 0.1) is 11.3 Å². The van der Waals surface area contributed by atoms with Crippen molar-refractivity contribution < 1.29 is 19.5 Å². The number of fused-ring (bicyclic) bond motifs is 2. The highest BCUT2D eigenvalue weighted by Gasteiger charge is 2.45. The van der Waals surface area contributed by atoms with Gasteiger partial charge in [-0.2, -0.15) is 0 Å². The second-order valence-corrected chi connectivity index (χ2v) is 13.8. The predicted octanol–water partition coefficient (Wildman–Crippen LogP) is 3.37. The summed E-state index contributed by atoms with van der Waals surface area (Å²) >= 11 is 1.33. The van der Waals surface area contributed by atoms with Crippen LogP contribution in [0.1, 0.15) is 78.1 Å². The average molecular weight is 604 g/mol. The van der Waals surface area contributed by atoms with Crippen molar-refractivity contribution in [3.05, 3.63) is 46.2 Å². The van der Waals surface area contributed by atoms with Gasteiger partial charge in [-0.05, 0) is 86.0 Å². The minimum absolute atomic E-state index is 0.0683. The lowest BCUT2D eigenvalue weighted by Gasteiger charge is -2.31. The minimum atomic E-state index is -0.495. The van der Waals surface area contributed by atoms with Crippen LogP contribution in [0.2, 0.25) is 0 Å². The van der Waals surface area contributed by atoms with Gasteiger partial charge in [-0.25, -0.2) is 19.7 Å². The van der Waals surface area contributed by atoms with Gasteiger partial charge in [-0.1, -0.05) is 24.3 Å². The van der Waals surface area contributed by atoms with Gasteiger partial charge in [0.15, 0.2) is 5.01 Å². The van der Waals surface area contributed by atoms with E-state index in [9.17, 15) is 19.5 Å². The molecule has 3 aromatic heterocycles. The Kier molecular flexibility index (Phi) is 7.38. The number of imide groups is 1. The standard InChI is InChI=1S/C31H37N7O4S/c1-31(9-10-31)20-3-4-22-19(14-20)15-24-28(34-22)43-29(35-24)27(41)33-23(8-13-37-11-6-21(39)7-12-37)18-2-5-25(32-16-18)38-17-26(40)36-30(38)42/h2,5,15-16,20-21,23,39H,3-4,6-14,17H2,1H3,(H,33,41)(H,36,40,42)/t20-,23?/m0/s1. The van der Waals surface area contributed by atoms with Gasteiger partial charge >= 0.3 is 6.03 Å². The number of nitrogens with zero attached hydrogens (tertiary/aromatic N) is 5. The quantitative estimate of drug-likeness (QED) is 0.333. The number of urea groups is 1. The molecule has 3 aromatic rings. The molecule has 0 spiro atoms. The summed E-state index contributed by atoms with van der Waals surface area (Å²) < 4.78 is 0. The van der Waals surface area contributed by atoms with Crippen LogP contribution in [0.5, 0.6) is 0 Å². The molecule has 2 atom stereocenters. The Balaban J connectivity index is 1.09. The van der Waals surface area contributed by atoms with E-state index < -0.39 is 6.03 Å². The fraction of sp³-hybridized carbons (Fsp3) is 0.548. The first-order valence-corrected chi connectivity index (χ1v) is 16.1. The molecule has 5 heterocycles. The van der Waals surface area contributed by atoms with Gasteiger partial charge in [0, 0.05) is 31.5 Å². The van der Waals surface area contributed by atoms with E-state index in [0.29, 0.717) is 28.6 Å².